The van der Waals surface area contributed by atoms with E-state index in [0.29, 0.717) is 12.5 Å². The predicted molar refractivity (Wildman–Crippen MR) is 96.6 cm³/mol. The fraction of sp³-hybridized carbons (Fsp3) is 0.632. The average Bonchev–Trinajstić information content (AvgIpc) is 2.78. The van der Waals surface area contributed by atoms with Crippen molar-refractivity contribution in [1.82, 2.24) is 10.2 Å². The normalized spacial score (nSPS) is 25.0. The maximum atomic E-state index is 11.6. The molecule has 0 aliphatic carbocycles. The third kappa shape index (κ3) is 3.66. The minimum Gasteiger partial charge on any atom is -0.497 e. The summed E-state index contributed by atoms with van der Waals surface area (Å²) in [4.78, 5) is 16.6. The Morgan fingerprint density at radius 1 is 1.25 bits per heavy atom. The molecule has 1 N–H and O–H groups in total. The zero-order valence-corrected chi connectivity index (χ0v) is 15.0. The lowest BCUT2D eigenvalue weighted by molar-refractivity contribution is -0.120. The summed E-state index contributed by atoms with van der Waals surface area (Å²) >= 11 is 0. The van der Waals surface area contributed by atoms with Crippen molar-refractivity contribution < 1.29 is 9.53 Å². The Hall–Kier alpha value is -1.75. The number of carbonyl (C=O) groups excluding carboxylic acids is 1. The van der Waals surface area contributed by atoms with E-state index in [1.54, 1.807) is 7.11 Å². The molecule has 1 amide bonds. The Morgan fingerprint density at radius 2 is 2.08 bits per heavy atom. The molecule has 3 rings (SSSR count). The van der Waals surface area contributed by atoms with Crippen LogP contribution in [-0.4, -0.2) is 55.7 Å². The molecule has 24 heavy (non-hydrogen) atoms. The van der Waals surface area contributed by atoms with Gasteiger partial charge in [-0.3, -0.25) is 9.69 Å². The van der Waals surface area contributed by atoms with Crippen molar-refractivity contribution in [3.8, 4) is 5.75 Å². The minimum atomic E-state index is 0.0500. The number of piperazine rings is 1. The van der Waals surface area contributed by atoms with E-state index in [-0.39, 0.29) is 11.4 Å². The van der Waals surface area contributed by atoms with E-state index in [9.17, 15) is 4.79 Å². The van der Waals surface area contributed by atoms with Crippen LogP contribution in [0.2, 0.25) is 0 Å². The summed E-state index contributed by atoms with van der Waals surface area (Å²) in [5.74, 6) is 1.10. The summed E-state index contributed by atoms with van der Waals surface area (Å²) in [6, 6.07) is 8.83. The van der Waals surface area contributed by atoms with Crippen molar-refractivity contribution in [3.05, 3.63) is 24.3 Å². The van der Waals surface area contributed by atoms with E-state index in [1.165, 1.54) is 5.69 Å². The van der Waals surface area contributed by atoms with Gasteiger partial charge in [0.25, 0.3) is 0 Å². The van der Waals surface area contributed by atoms with Gasteiger partial charge in [-0.2, -0.15) is 0 Å². The number of rotatable bonds is 3. The third-order valence-electron chi connectivity index (χ3n) is 5.32. The number of methoxy groups -OCH3 is 1. The number of nitrogens with zero attached hydrogens (tertiary/aromatic N) is 2. The van der Waals surface area contributed by atoms with Gasteiger partial charge in [0.05, 0.1) is 7.11 Å². The summed E-state index contributed by atoms with van der Waals surface area (Å²) in [6.45, 7) is 8.47. The second-order valence-corrected chi connectivity index (χ2v) is 7.47. The van der Waals surface area contributed by atoms with Crippen LogP contribution in [-0.2, 0) is 4.79 Å². The van der Waals surface area contributed by atoms with Crippen LogP contribution in [0, 0.1) is 0 Å². The topological polar surface area (TPSA) is 44.8 Å². The van der Waals surface area contributed by atoms with Crippen LogP contribution in [0.3, 0.4) is 0 Å². The fourth-order valence-corrected chi connectivity index (χ4v) is 4.03. The molecule has 1 atom stereocenters. The molecule has 2 saturated heterocycles. The van der Waals surface area contributed by atoms with E-state index in [4.69, 9.17) is 4.74 Å². The zero-order valence-electron chi connectivity index (χ0n) is 15.0. The Balaban J connectivity index is 1.71. The quantitative estimate of drug-likeness (QED) is 0.923. The van der Waals surface area contributed by atoms with Crippen molar-refractivity contribution in [2.45, 2.75) is 44.7 Å². The monoisotopic (exact) mass is 331 g/mol. The van der Waals surface area contributed by atoms with E-state index < -0.39 is 0 Å². The number of benzene rings is 1. The highest BCUT2D eigenvalue weighted by Crippen LogP contribution is 2.31. The maximum Gasteiger partial charge on any atom is 0.220 e. The van der Waals surface area contributed by atoms with E-state index in [1.807, 2.05) is 6.07 Å². The standard InChI is InChI=1S/C19H29N3O2/c1-19(2)14-21(15-7-8-18(23)20-10-9-15)11-12-22(19)16-5-4-6-17(13-16)24-3/h4-6,13,15H,7-12,14H2,1-3H3,(H,20,23). The summed E-state index contributed by atoms with van der Waals surface area (Å²) in [5, 5.41) is 2.99. The maximum absolute atomic E-state index is 11.6. The van der Waals surface area contributed by atoms with Gasteiger partial charge in [-0.15, -0.1) is 0 Å². The largest absolute Gasteiger partial charge is 0.497 e. The minimum absolute atomic E-state index is 0.0500. The highest BCUT2D eigenvalue weighted by molar-refractivity contribution is 5.76. The van der Waals surface area contributed by atoms with Gasteiger partial charge in [0.2, 0.25) is 5.91 Å². The number of nitrogens with one attached hydrogen (secondary N) is 1. The number of amides is 1. The molecule has 2 aliphatic rings. The Morgan fingerprint density at radius 3 is 2.83 bits per heavy atom. The lowest BCUT2D eigenvalue weighted by atomic mass is 9.95. The SMILES string of the molecule is COc1cccc(N2CCN(C3CCNC(=O)CC3)CC2(C)C)c1. The van der Waals surface area contributed by atoms with Crippen LogP contribution in [0.5, 0.6) is 5.75 Å². The number of anilines is 1. The van der Waals surface area contributed by atoms with Gasteiger partial charge in [0.15, 0.2) is 0 Å². The molecule has 0 aromatic heterocycles. The molecule has 1 unspecified atom stereocenters. The second-order valence-electron chi connectivity index (χ2n) is 7.47. The Bertz CT molecular complexity index is 588. The summed E-state index contributed by atoms with van der Waals surface area (Å²) < 4.78 is 5.38. The molecular weight excluding hydrogens is 302 g/mol. The van der Waals surface area contributed by atoms with Crippen molar-refractivity contribution in [3.63, 3.8) is 0 Å². The number of hydrogen-bond donors (Lipinski definition) is 1. The first-order valence-corrected chi connectivity index (χ1v) is 8.92. The van der Waals surface area contributed by atoms with E-state index in [0.717, 1.165) is 44.8 Å². The predicted octanol–water partition coefficient (Wildman–Crippen LogP) is 2.26. The average molecular weight is 331 g/mol. The number of carbonyl (C=O) groups is 1. The van der Waals surface area contributed by atoms with Gasteiger partial charge in [0.1, 0.15) is 5.75 Å². The number of hydrogen-bond acceptors (Lipinski definition) is 4. The molecule has 2 heterocycles. The second kappa shape index (κ2) is 7.01. The van der Waals surface area contributed by atoms with Gasteiger partial charge in [-0.25, -0.2) is 0 Å². The molecule has 5 heteroatoms. The van der Waals surface area contributed by atoms with Crippen LogP contribution >= 0.6 is 0 Å². The molecule has 1 aromatic carbocycles. The molecule has 0 bridgehead atoms. The van der Waals surface area contributed by atoms with Crippen LogP contribution < -0.4 is 15.0 Å². The Labute approximate surface area is 145 Å². The molecule has 132 valence electrons. The van der Waals surface area contributed by atoms with Crippen molar-refractivity contribution >= 4 is 11.6 Å². The molecule has 0 spiro atoms. The molecule has 1 aromatic rings. The molecule has 2 fully saturated rings. The molecule has 5 nitrogen and oxygen atoms in total. The highest BCUT2D eigenvalue weighted by atomic mass is 16.5. The smallest absolute Gasteiger partial charge is 0.220 e. The molecule has 0 saturated carbocycles. The summed E-state index contributed by atoms with van der Waals surface area (Å²) in [7, 11) is 1.71. The van der Waals surface area contributed by atoms with Crippen molar-refractivity contribution in [2.24, 2.45) is 0 Å². The first-order valence-electron chi connectivity index (χ1n) is 8.92. The first-order chi connectivity index (χ1) is 11.5. The Kier molecular flexibility index (Phi) is 4.99. The van der Waals surface area contributed by atoms with Gasteiger partial charge < -0.3 is 15.0 Å². The van der Waals surface area contributed by atoms with Crippen LogP contribution in [0.4, 0.5) is 5.69 Å². The summed E-state index contributed by atoms with van der Waals surface area (Å²) in [6.07, 6.45) is 2.68. The van der Waals surface area contributed by atoms with Gasteiger partial charge in [-0.05, 0) is 38.8 Å². The van der Waals surface area contributed by atoms with E-state index in [2.05, 4.69) is 47.2 Å². The molecule has 2 aliphatic heterocycles. The zero-order chi connectivity index (χ0) is 17.2. The van der Waals surface area contributed by atoms with Crippen LogP contribution in [0.15, 0.2) is 24.3 Å². The summed E-state index contributed by atoms with van der Waals surface area (Å²) in [5.41, 5.74) is 1.27. The highest BCUT2D eigenvalue weighted by Gasteiger charge is 2.36. The number of ether oxygens (including phenoxy) is 1. The lowest BCUT2D eigenvalue weighted by Gasteiger charge is -2.50. The lowest BCUT2D eigenvalue weighted by Crippen LogP contribution is -2.61. The van der Waals surface area contributed by atoms with Crippen molar-refractivity contribution in [2.75, 3.05) is 38.2 Å². The first kappa shape index (κ1) is 17.1. The van der Waals surface area contributed by atoms with Crippen molar-refractivity contribution in [1.29, 1.82) is 0 Å². The third-order valence-corrected chi connectivity index (χ3v) is 5.32. The fourth-order valence-electron chi connectivity index (χ4n) is 4.03. The van der Waals surface area contributed by atoms with Gasteiger partial charge in [-0.1, -0.05) is 6.07 Å². The van der Waals surface area contributed by atoms with E-state index >= 15 is 0 Å². The van der Waals surface area contributed by atoms with Gasteiger partial charge >= 0.3 is 0 Å². The van der Waals surface area contributed by atoms with Crippen LogP contribution in [0.25, 0.3) is 0 Å². The molecule has 0 radical (unpaired) electrons. The van der Waals surface area contributed by atoms with Gasteiger partial charge in [0, 0.05) is 55.9 Å². The molecular formula is C19H29N3O2. The van der Waals surface area contributed by atoms with Crippen LogP contribution in [0.1, 0.15) is 33.1 Å².